The monoisotopic (exact) mass is 339 g/mol. The summed E-state index contributed by atoms with van der Waals surface area (Å²) in [7, 11) is 0. The maximum Gasteiger partial charge on any atom is 0.254 e. The van der Waals surface area contributed by atoms with Crippen LogP contribution in [0.1, 0.15) is 29.1 Å². The van der Waals surface area contributed by atoms with Crippen molar-refractivity contribution in [3.8, 4) is 0 Å². The second-order valence-electron chi connectivity index (χ2n) is 6.34. The predicted octanol–water partition coefficient (Wildman–Crippen LogP) is 4.82. The zero-order valence-electron chi connectivity index (χ0n) is 14.0. The van der Waals surface area contributed by atoms with Crippen molar-refractivity contribution in [3.63, 3.8) is 0 Å². The summed E-state index contributed by atoms with van der Waals surface area (Å²) in [5.74, 6) is 1.23. The number of hydrogen-bond donors (Lipinski definition) is 1. The van der Waals surface area contributed by atoms with Crippen LogP contribution < -0.4 is 0 Å². The third kappa shape index (κ3) is 2.56. The molecule has 0 saturated heterocycles. The Morgan fingerprint density at radius 1 is 0.731 bits per heavy atom. The highest BCUT2D eigenvalue weighted by Gasteiger charge is 2.35. The van der Waals surface area contributed by atoms with Gasteiger partial charge in [0.05, 0.1) is 11.0 Å². The predicted molar refractivity (Wildman–Crippen MR) is 102 cm³/mol. The first-order valence-electron chi connectivity index (χ1n) is 8.68. The van der Waals surface area contributed by atoms with E-state index in [0.717, 1.165) is 22.2 Å². The van der Waals surface area contributed by atoms with Crippen LogP contribution in [0.2, 0.25) is 0 Å². The molecular formula is C22H17N3O. The smallest absolute Gasteiger partial charge is 0.254 e. The number of imidazole rings is 1. The van der Waals surface area contributed by atoms with Gasteiger partial charge in [0.1, 0.15) is 6.04 Å². The summed E-state index contributed by atoms with van der Waals surface area (Å²) >= 11 is 0. The molecule has 4 heteroatoms. The number of para-hydroxylation sites is 2. The summed E-state index contributed by atoms with van der Waals surface area (Å²) in [5, 5.41) is 0. The van der Waals surface area contributed by atoms with E-state index in [2.05, 4.69) is 34.2 Å². The summed E-state index contributed by atoms with van der Waals surface area (Å²) in [6, 6.07) is 28.3. The van der Waals surface area contributed by atoms with Gasteiger partial charge in [-0.3, -0.25) is 0 Å². The average molecular weight is 339 g/mol. The van der Waals surface area contributed by atoms with Crippen molar-refractivity contribution < 1.29 is 4.74 Å². The minimum Gasteiger partial charge on any atom is -0.464 e. The molecule has 1 aliphatic rings. The molecule has 0 fully saturated rings. The number of nitrogens with zero attached hydrogens (tertiary/aromatic N) is 2. The molecule has 0 amide bonds. The molecule has 1 aliphatic heterocycles. The van der Waals surface area contributed by atoms with E-state index < -0.39 is 0 Å². The highest BCUT2D eigenvalue weighted by molar-refractivity contribution is 5.95. The number of nitrogens with one attached hydrogen (secondary N) is 1. The van der Waals surface area contributed by atoms with E-state index in [-0.39, 0.29) is 12.1 Å². The summed E-state index contributed by atoms with van der Waals surface area (Å²) in [5.41, 5.74) is 4.13. The minimum absolute atomic E-state index is 0.0955. The fourth-order valence-electron chi connectivity index (χ4n) is 3.37. The third-order valence-electron chi connectivity index (χ3n) is 4.64. The fourth-order valence-corrected chi connectivity index (χ4v) is 3.37. The third-order valence-corrected chi connectivity index (χ3v) is 4.64. The maximum atomic E-state index is 6.29. The summed E-state index contributed by atoms with van der Waals surface area (Å²) in [6.07, 6.45) is -0.165. The van der Waals surface area contributed by atoms with E-state index in [0.29, 0.717) is 11.7 Å². The molecule has 4 nitrogen and oxygen atoms in total. The standard InChI is InChI=1S/C22H17N3O/c1-3-9-15(10-4-1)19-20(16-11-5-2-6-12-16)26-22(25-19)21-23-17-13-7-8-14-18(17)24-21/h1-14,19-20H,(H,23,24)/t19-,20-/m0/s1. The lowest BCUT2D eigenvalue weighted by atomic mass is 9.97. The van der Waals surface area contributed by atoms with Gasteiger partial charge in [-0.15, -0.1) is 0 Å². The topological polar surface area (TPSA) is 50.3 Å². The number of aliphatic imine (C=N–C) groups is 1. The van der Waals surface area contributed by atoms with Crippen molar-refractivity contribution >= 4 is 16.9 Å². The fraction of sp³-hybridized carbons (Fsp3) is 0.0909. The number of ether oxygens (including phenoxy) is 1. The van der Waals surface area contributed by atoms with Crippen LogP contribution in [-0.4, -0.2) is 15.9 Å². The van der Waals surface area contributed by atoms with Gasteiger partial charge in [0.2, 0.25) is 0 Å². The van der Waals surface area contributed by atoms with Crippen LogP contribution in [0.3, 0.4) is 0 Å². The maximum absolute atomic E-state index is 6.29. The highest BCUT2D eigenvalue weighted by atomic mass is 16.5. The molecule has 0 bridgehead atoms. The molecule has 4 aromatic rings. The lowest BCUT2D eigenvalue weighted by Gasteiger charge is -2.18. The number of H-pyrrole nitrogens is 1. The molecular weight excluding hydrogens is 322 g/mol. The number of aromatic nitrogens is 2. The van der Waals surface area contributed by atoms with Crippen molar-refractivity contribution in [1.82, 2.24) is 9.97 Å². The van der Waals surface area contributed by atoms with Crippen LogP contribution >= 0.6 is 0 Å². The summed E-state index contributed by atoms with van der Waals surface area (Å²) in [4.78, 5) is 12.8. The van der Waals surface area contributed by atoms with Crippen molar-refractivity contribution in [2.45, 2.75) is 12.1 Å². The Morgan fingerprint density at radius 2 is 1.38 bits per heavy atom. The van der Waals surface area contributed by atoms with Gasteiger partial charge in [-0.2, -0.15) is 0 Å². The molecule has 0 radical (unpaired) electrons. The van der Waals surface area contributed by atoms with Crippen LogP contribution in [0.5, 0.6) is 0 Å². The molecule has 0 unspecified atom stereocenters. The van der Waals surface area contributed by atoms with Crippen LogP contribution in [0.15, 0.2) is 89.9 Å². The minimum atomic E-state index is -0.165. The Hall–Kier alpha value is -3.40. The van der Waals surface area contributed by atoms with Gasteiger partial charge in [-0.1, -0.05) is 72.8 Å². The molecule has 5 rings (SSSR count). The van der Waals surface area contributed by atoms with Gasteiger partial charge >= 0.3 is 0 Å². The van der Waals surface area contributed by atoms with Crippen LogP contribution in [0.25, 0.3) is 11.0 Å². The van der Waals surface area contributed by atoms with E-state index >= 15 is 0 Å². The first-order chi connectivity index (χ1) is 12.9. The van der Waals surface area contributed by atoms with Crippen LogP contribution in [0, 0.1) is 0 Å². The first-order valence-corrected chi connectivity index (χ1v) is 8.68. The van der Waals surface area contributed by atoms with Crippen molar-refractivity contribution in [2.75, 3.05) is 0 Å². The SMILES string of the molecule is c1ccc([C@@H]2N=C(c3nc4ccccc4[nH]3)O[C@H]2c2ccccc2)cc1. The molecule has 26 heavy (non-hydrogen) atoms. The molecule has 126 valence electrons. The number of fused-ring (bicyclic) bond motifs is 1. The quantitative estimate of drug-likeness (QED) is 0.581. The molecule has 1 N–H and O–H groups in total. The summed E-state index contributed by atoms with van der Waals surface area (Å²) in [6.45, 7) is 0. The van der Waals surface area contributed by atoms with E-state index in [9.17, 15) is 0 Å². The van der Waals surface area contributed by atoms with Crippen LogP contribution in [-0.2, 0) is 4.74 Å². The highest BCUT2D eigenvalue weighted by Crippen LogP contribution is 2.40. The Labute approximate surface area is 151 Å². The van der Waals surface area contributed by atoms with E-state index in [1.807, 2.05) is 60.7 Å². The first kappa shape index (κ1) is 14.9. The lowest BCUT2D eigenvalue weighted by molar-refractivity contribution is 0.196. The molecule has 3 aromatic carbocycles. The number of benzene rings is 3. The van der Waals surface area contributed by atoms with E-state index in [1.54, 1.807) is 0 Å². The van der Waals surface area contributed by atoms with Crippen molar-refractivity contribution in [2.24, 2.45) is 4.99 Å². The molecule has 2 heterocycles. The Bertz CT molecular complexity index is 1040. The van der Waals surface area contributed by atoms with Gasteiger partial charge in [-0.05, 0) is 23.3 Å². The molecule has 1 aromatic heterocycles. The van der Waals surface area contributed by atoms with E-state index in [1.165, 1.54) is 0 Å². The molecule has 0 aliphatic carbocycles. The second-order valence-corrected chi connectivity index (χ2v) is 6.34. The van der Waals surface area contributed by atoms with E-state index in [4.69, 9.17) is 9.73 Å². The van der Waals surface area contributed by atoms with Crippen molar-refractivity contribution in [1.29, 1.82) is 0 Å². The van der Waals surface area contributed by atoms with Gasteiger partial charge in [-0.25, -0.2) is 9.98 Å². The lowest BCUT2D eigenvalue weighted by Crippen LogP contribution is -2.09. The largest absolute Gasteiger partial charge is 0.464 e. The number of rotatable bonds is 3. The Balaban J connectivity index is 1.58. The zero-order chi connectivity index (χ0) is 17.3. The molecule has 2 atom stereocenters. The summed E-state index contributed by atoms with van der Waals surface area (Å²) < 4.78 is 6.29. The number of hydrogen-bond acceptors (Lipinski definition) is 3. The average Bonchev–Trinajstić information content (AvgIpc) is 3.34. The Kier molecular flexibility index (Phi) is 3.53. The molecule has 0 spiro atoms. The normalized spacial score (nSPS) is 19.3. The molecule has 0 saturated carbocycles. The zero-order valence-corrected chi connectivity index (χ0v) is 14.0. The van der Waals surface area contributed by atoms with Crippen LogP contribution in [0.4, 0.5) is 0 Å². The number of aromatic amines is 1. The van der Waals surface area contributed by atoms with Gasteiger partial charge < -0.3 is 9.72 Å². The van der Waals surface area contributed by atoms with Crippen molar-refractivity contribution in [3.05, 3.63) is 102 Å². The second kappa shape index (κ2) is 6.15. The van der Waals surface area contributed by atoms with Gasteiger partial charge in [0, 0.05) is 0 Å². The van der Waals surface area contributed by atoms with Gasteiger partial charge in [0.15, 0.2) is 11.9 Å². The van der Waals surface area contributed by atoms with Gasteiger partial charge in [0.25, 0.3) is 5.90 Å². The Morgan fingerprint density at radius 3 is 2.12 bits per heavy atom.